The third-order valence-electron chi connectivity index (χ3n) is 2.77. The molecule has 1 atom stereocenters. The fraction of sp³-hybridized carbons (Fsp3) is 0.909. The molecule has 0 bridgehead atoms. The van der Waals surface area contributed by atoms with Crippen molar-refractivity contribution in [3.05, 3.63) is 0 Å². The van der Waals surface area contributed by atoms with Gasteiger partial charge in [0.1, 0.15) is 12.1 Å². The number of esters is 1. The zero-order chi connectivity index (χ0) is 11.1. The summed E-state index contributed by atoms with van der Waals surface area (Å²) in [5, 5.41) is 0. The maximum absolute atomic E-state index is 11.6. The number of carbonyl (C=O) groups excluding carboxylic acids is 1. The smallest absolute Gasteiger partial charge is 0.323 e. The first-order valence-corrected chi connectivity index (χ1v) is 7.08. The molecular formula is C11H21NO2S. The van der Waals surface area contributed by atoms with E-state index in [1.807, 2.05) is 6.26 Å². The van der Waals surface area contributed by atoms with Crippen LogP contribution in [0.3, 0.4) is 0 Å². The van der Waals surface area contributed by atoms with Crippen molar-refractivity contribution in [1.82, 2.24) is 0 Å². The number of rotatable bonds is 5. The van der Waals surface area contributed by atoms with Crippen LogP contribution in [0.5, 0.6) is 0 Å². The average Bonchev–Trinajstić information content (AvgIpc) is 2.27. The summed E-state index contributed by atoms with van der Waals surface area (Å²) in [6.07, 6.45) is 8.52. The fourth-order valence-electron chi connectivity index (χ4n) is 1.80. The van der Waals surface area contributed by atoms with E-state index in [0.29, 0.717) is 6.42 Å². The average molecular weight is 231 g/mol. The number of hydrogen-bond acceptors (Lipinski definition) is 4. The van der Waals surface area contributed by atoms with E-state index in [-0.39, 0.29) is 12.1 Å². The van der Waals surface area contributed by atoms with Crippen LogP contribution >= 0.6 is 11.8 Å². The van der Waals surface area contributed by atoms with Gasteiger partial charge in [-0.1, -0.05) is 6.42 Å². The van der Waals surface area contributed by atoms with E-state index in [4.69, 9.17) is 10.5 Å². The molecule has 1 saturated carbocycles. The summed E-state index contributed by atoms with van der Waals surface area (Å²) in [6, 6.07) is -0.431. The molecule has 15 heavy (non-hydrogen) atoms. The Hall–Kier alpha value is -0.220. The molecule has 0 unspecified atom stereocenters. The minimum Gasteiger partial charge on any atom is -0.461 e. The van der Waals surface area contributed by atoms with Crippen LogP contribution in [0.2, 0.25) is 0 Å². The molecule has 0 aliphatic heterocycles. The van der Waals surface area contributed by atoms with Crippen molar-refractivity contribution in [2.75, 3.05) is 12.0 Å². The van der Waals surface area contributed by atoms with Crippen LogP contribution in [0.25, 0.3) is 0 Å². The zero-order valence-electron chi connectivity index (χ0n) is 9.41. The van der Waals surface area contributed by atoms with Gasteiger partial charge in [0.15, 0.2) is 0 Å². The lowest BCUT2D eigenvalue weighted by Gasteiger charge is -2.23. The second-order valence-corrected chi connectivity index (χ2v) is 5.07. The summed E-state index contributed by atoms with van der Waals surface area (Å²) in [5.41, 5.74) is 5.73. The van der Waals surface area contributed by atoms with Crippen LogP contribution in [0.4, 0.5) is 0 Å². The highest BCUT2D eigenvalue weighted by Crippen LogP contribution is 2.20. The molecule has 1 fully saturated rings. The zero-order valence-corrected chi connectivity index (χ0v) is 10.2. The first-order chi connectivity index (χ1) is 7.24. The minimum atomic E-state index is -0.431. The molecule has 1 rings (SSSR count). The molecule has 0 saturated heterocycles. The Kier molecular flexibility index (Phi) is 6.10. The largest absolute Gasteiger partial charge is 0.461 e. The molecule has 88 valence electrons. The Balaban J connectivity index is 2.20. The van der Waals surface area contributed by atoms with Gasteiger partial charge < -0.3 is 10.5 Å². The number of nitrogens with two attached hydrogens (primary N) is 1. The molecule has 1 aliphatic rings. The lowest BCUT2D eigenvalue weighted by molar-refractivity contribution is -0.152. The van der Waals surface area contributed by atoms with E-state index in [1.54, 1.807) is 11.8 Å². The van der Waals surface area contributed by atoms with E-state index in [2.05, 4.69) is 0 Å². The van der Waals surface area contributed by atoms with Crippen LogP contribution in [0.15, 0.2) is 0 Å². The first kappa shape index (κ1) is 12.8. The molecule has 0 heterocycles. The van der Waals surface area contributed by atoms with E-state index in [1.165, 1.54) is 19.3 Å². The monoisotopic (exact) mass is 231 g/mol. The third kappa shape index (κ3) is 4.89. The van der Waals surface area contributed by atoms with Crippen molar-refractivity contribution in [3.8, 4) is 0 Å². The topological polar surface area (TPSA) is 52.3 Å². The standard InChI is InChI=1S/C11H21NO2S/c1-15-8-7-10(12)11(13)14-9-5-3-2-4-6-9/h9-10H,2-8,12H2,1H3/t10-/m1/s1. The Bertz CT molecular complexity index is 193. The quantitative estimate of drug-likeness (QED) is 0.735. The lowest BCUT2D eigenvalue weighted by atomic mass is 9.98. The molecule has 0 spiro atoms. The molecule has 0 aromatic heterocycles. The summed E-state index contributed by atoms with van der Waals surface area (Å²) in [7, 11) is 0. The summed E-state index contributed by atoms with van der Waals surface area (Å²) in [6.45, 7) is 0. The molecule has 3 nitrogen and oxygen atoms in total. The van der Waals surface area contributed by atoms with Gasteiger partial charge in [0, 0.05) is 0 Å². The van der Waals surface area contributed by atoms with Crippen molar-refractivity contribution >= 4 is 17.7 Å². The van der Waals surface area contributed by atoms with E-state index >= 15 is 0 Å². The van der Waals surface area contributed by atoms with Crippen LogP contribution in [-0.4, -0.2) is 30.1 Å². The maximum Gasteiger partial charge on any atom is 0.323 e. The molecule has 2 N–H and O–H groups in total. The van der Waals surface area contributed by atoms with Gasteiger partial charge in [-0.15, -0.1) is 0 Å². The summed E-state index contributed by atoms with van der Waals surface area (Å²) >= 11 is 1.71. The van der Waals surface area contributed by atoms with Gasteiger partial charge in [0.05, 0.1) is 0 Å². The third-order valence-corrected chi connectivity index (χ3v) is 3.41. The van der Waals surface area contributed by atoms with Crippen molar-refractivity contribution < 1.29 is 9.53 Å². The van der Waals surface area contributed by atoms with Gasteiger partial charge in [0.25, 0.3) is 0 Å². The molecule has 0 amide bonds. The number of thioether (sulfide) groups is 1. The highest BCUT2D eigenvalue weighted by Gasteiger charge is 2.21. The van der Waals surface area contributed by atoms with Crippen molar-refractivity contribution in [2.24, 2.45) is 5.73 Å². The molecular weight excluding hydrogens is 210 g/mol. The Morgan fingerprint density at radius 2 is 2.13 bits per heavy atom. The number of carbonyl (C=O) groups is 1. The lowest BCUT2D eigenvalue weighted by Crippen LogP contribution is -2.36. The van der Waals surface area contributed by atoms with E-state index in [9.17, 15) is 4.79 Å². The first-order valence-electron chi connectivity index (χ1n) is 5.69. The highest BCUT2D eigenvalue weighted by atomic mass is 32.2. The summed E-state index contributed by atoms with van der Waals surface area (Å²) in [5.74, 6) is 0.706. The predicted octanol–water partition coefficient (Wildman–Crippen LogP) is 1.94. The predicted molar refractivity (Wildman–Crippen MR) is 63.9 cm³/mol. The SMILES string of the molecule is CSCC[C@@H](N)C(=O)OC1CCCCC1. The van der Waals surface area contributed by atoms with Gasteiger partial charge in [-0.3, -0.25) is 4.79 Å². The normalized spacial score (nSPS) is 19.9. The van der Waals surface area contributed by atoms with Gasteiger partial charge >= 0.3 is 5.97 Å². The Morgan fingerprint density at radius 3 is 2.73 bits per heavy atom. The highest BCUT2D eigenvalue weighted by molar-refractivity contribution is 7.98. The Labute approximate surface area is 96.1 Å². The van der Waals surface area contributed by atoms with Crippen LogP contribution in [0.1, 0.15) is 38.5 Å². The molecule has 4 heteroatoms. The summed E-state index contributed by atoms with van der Waals surface area (Å²) in [4.78, 5) is 11.6. The molecule has 1 aliphatic carbocycles. The van der Waals surface area contributed by atoms with Gasteiger partial charge in [0.2, 0.25) is 0 Å². The fourth-order valence-corrected chi connectivity index (χ4v) is 2.29. The molecule has 0 aromatic carbocycles. The second kappa shape index (κ2) is 7.12. The van der Waals surface area contributed by atoms with Crippen molar-refractivity contribution in [3.63, 3.8) is 0 Å². The van der Waals surface area contributed by atoms with Crippen LogP contribution < -0.4 is 5.73 Å². The molecule has 0 aromatic rings. The number of ether oxygens (including phenoxy) is 1. The van der Waals surface area contributed by atoms with Crippen molar-refractivity contribution in [1.29, 1.82) is 0 Å². The Morgan fingerprint density at radius 1 is 1.47 bits per heavy atom. The minimum absolute atomic E-state index is 0.131. The second-order valence-electron chi connectivity index (χ2n) is 4.08. The van der Waals surface area contributed by atoms with Gasteiger partial charge in [-0.25, -0.2) is 0 Å². The molecule has 0 radical (unpaired) electrons. The number of hydrogen-bond donors (Lipinski definition) is 1. The van der Waals surface area contributed by atoms with Crippen LogP contribution in [0, 0.1) is 0 Å². The van der Waals surface area contributed by atoms with Gasteiger partial charge in [-0.2, -0.15) is 11.8 Å². The summed E-state index contributed by atoms with van der Waals surface area (Å²) < 4.78 is 5.38. The van der Waals surface area contributed by atoms with E-state index < -0.39 is 6.04 Å². The van der Waals surface area contributed by atoms with E-state index in [0.717, 1.165) is 18.6 Å². The van der Waals surface area contributed by atoms with Crippen molar-refractivity contribution in [2.45, 2.75) is 50.7 Å². The maximum atomic E-state index is 11.6. The van der Waals surface area contributed by atoms with Crippen LogP contribution in [-0.2, 0) is 9.53 Å². The van der Waals surface area contributed by atoms with Gasteiger partial charge in [-0.05, 0) is 44.1 Å².